The third kappa shape index (κ3) is 3.65. The van der Waals surface area contributed by atoms with Gasteiger partial charge in [0.25, 0.3) is 0 Å². The molecule has 1 aromatic rings. The molecule has 1 aromatic carbocycles. The molecule has 1 aliphatic carbocycles. The molecule has 1 aliphatic rings. The zero-order valence-electron chi connectivity index (χ0n) is 13.5. The molecule has 1 unspecified atom stereocenters. The van der Waals surface area contributed by atoms with Crippen LogP contribution in [0.15, 0.2) is 24.3 Å². The molecule has 0 saturated heterocycles. The number of ketones is 1. The topological polar surface area (TPSA) is 91.0 Å². The van der Waals surface area contributed by atoms with Crippen LogP contribution < -0.4 is 0 Å². The molecule has 0 radical (unpaired) electrons. The third-order valence-corrected chi connectivity index (χ3v) is 4.73. The van der Waals surface area contributed by atoms with E-state index in [2.05, 4.69) is 0 Å². The van der Waals surface area contributed by atoms with Crippen LogP contribution in [0, 0.1) is 22.7 Å². The van der Waals surface area contributed by atoms with Crippen molar-refractivity contribution in [2.45, 2.75) is 38.0 Å². The van der Waals surface area contributed by atoms with E-state index in [9.17, 15) is 9.59 Å². The molecule has 0 aliphatic heterocycles. The fourth-order valence-corrected chi connectivity index (χ4v) is 3.25. The highest BCUT2D eigenvalue weighted by Crippen LogP contribution is 2.42. The van der Waals surface area contributed by atoms with Gasteiger partial charge in [-0.3, -0.25) is 9.59 Å². The summed E-state index contributed by atoms with van der Waals surface area (Å²) >= 11 is 5.91. The van der Waals surface area contributed by atoms with Gasteiger partial charge in [-0.2, -0.15) is 5.26 Å². The molecule has 1 saturated carbocycles. The standard InChI is InChI=1S/C18H19ClN2O3/c1-12(21)15(10-20)16(22)11-24-17(23)18(8-2-3-9-18)13-4-6-14(19)7-5-13/h4-7,15,21H,2-3,8-9,11H2,1H3. The Bertz CT molecular complexity index is 685. The Labute approximate surface area is 146 Å². The lowest BCUT2D eigenvalue weighted by Gasteiger charge is -2.27. The van der Waals surface area contributed by atoms with Gasteiger partial charge in [-0.1, -0.05) is 36.6 Å². The average molecular weight is 347 g/mol. The van der Waals surface area contributed by atoms with E-state index in [0.29, 0.717) is 17.9 Å². The Morgan fingerprint density at radius 1 is 1.33 bits per heavy atom. The summed E-state index contributed by atoms with van der Waals surface area (Å²) in [6.45, 7) is 0.905. The van der Waals surface area contributed by atoms with E-state index in [1.165, 1.54) is 6.92 Å². The Morgan fingerprint density at radius 2 is 1.92 bits per heavy atom. The summed E-state index contributed by atoms with van der Waals surface area (Å²) in [4.78, 5) is 24.7. The van der Waals surface area contributed by atoms with Gasteiger partial charge >= 0.3 is 5.97 Å². The van der Waals surface area contributed by atoms with Gasteiger partial charge in [-0.25, -0.2) is 0 Å². The molecular weight excluding hydrogens is 328 g/mol. The third-order valence-electron chi connectivity index (χ3n) is 4.47. The molecule has 0 amide bonds. The van der Waals surface area contributed by atoms with Gasteiger partial charge in [0.15, 0.2) is 12.4 Å². The SMILES string of the molecule is CC(=N)C(C#N)C(=O)COC(=O)C1(c2ccc(Cl)cc2)CCCC1. The molecule has 6 heteroatoms. The van der Waals surface area contributed by atoms with Crippen LogP contribution in [0.4, 0.5) is 0 Å². The summed E-state index contributed by atoms with van der Waals surface area (Å²) < 4.78 is 5.24. The summed E-state index contributed by atoms with van der Waals surface area (Å²) in [7, 11) is 0. The number of halogens is 1. The highest BCUT2D eigenvalue weighted by atomic mass is 35.5. The van der Waals surface area contributed by atoms with E-state index in [1.807, 2.05) is 12.1 Å². The fourth-order valence-electron chi connectivity index (χ4n) is 3.13. The van der Waals surface area contributed by atoms with Gasteiger partial charge in [-0.05, 0) is 37.5 Å². The van der Waals surface area contributed by atoms with Gasteiger partial charge in [0, 0.05) is 10.7 Å². The maximum absolute atomic E-state index is 12.7. The van der Waals surface area contributed by atoms with E-state index in [-0.39, 0.29) is 5.71 Å². The number of nitrogens with one attached hydrogen (secondary N) is 1. The minimum atomic E-state index is -1.16. The minimum absolute atomic E-state index is 0.0492. The van der Waals surface area contributed by atoms with E-state index >= 15 is 0 Å². The number of carbonyl (C=O) groups is 2. The quantitative estimate of drug-likeness (QED) is 0.631. The van der Waals surface area contributed by atoms with Crippen molar-refractivity contribution in [1.29, 1.82) is 10.7 Å². The zero-order chi connectivity index (χ0) is 17.7. The monoisotopic (exact) mass is 346 g/mol. The van der Waals surface area contributed by atoms with Gasteiger partial charge in [0.05, 0.1) is 11.5 Å². The summed E-state index contributed by atoms with van der Waals surface area (Å²) in [6.07, 6.45) is 3.14. The van der Waals surface area contributed by atoms with Gasteiger partial charge in [0.2, 0.25) is 0 Å². The molecule has 5 nitrogen and oxygen atoms in total. The number of hydrogen-bond acceptors (Lipinski definition) is 5. The van der Waals surface area contributed by atoms with Crippen molar-refractivity contribution in [1.82, 2.24) is 0 Å². The van der Waals surface area contributed by atoms with Crippen LogP contribution in [0.3, 0.4) is 0 Å². The summed E-state index contributed by atoms with van der Waals surface area (Å²) in [5.74, 6) is -2.18. The van der Waals surface area contributed by atoms with Crippen LogP contribution >= 0.6 is 11.6 Å². The molecule has 0 heterocycles. The van der Waals surface area contributed by atoms with Crippen LogP contribution in [0.5, 0.6) is 0 Å². The number of carbonyl (C=O) groups excluding carboxylic acids is 2. The van der Waals surface area contributed by atoms with Crippen molar-refractivity contribution >= 4 is 29.1 Å². The molecule has 1 atom stereocenters. The highest BCUT2D eigenvalue weighted by molar-refractivity contribution is 6.30. The predicted molar refractivity (Wildman–Crippen MR) is 90.1 cm³/mol. The number of nitrogens with zero attached hydrogens (tertiary/aromatic N) is 1. The van der Waals surface area contributed by atoms with E-state index < -0.39 is 29.7 Å². The number of ether oxygens (including phenoxy) is 1. The highest BCUT2D eigenvalue weighted by Gasteiger charge is 2.44. The van der Waals surface area contributed by atoms with Crippen molar-refractivity contribution < 1.29 is 14.3 Å². The predicted octanol–water partition coefficient (Wildman–Crippen LogP) is 3.44. The Morgan fingerprint density at radius 3 is 2.42 bits per heavy atom. The van der Waals surface area contributed by atoms with Crippen LogP contribution in [-0.4, -0.2) is 24.1 Å². The minimum Gasteiger partial charge on any atom is -0.457 e. The van der Waals surface area contributed by atoms with Gasteiger partial charge in [0.1, 0.15) is 5.92 Å². The van der Waals surface area contributed by atoms with Crippen LogP contribution in [0.1, 0.15) is 38.2 Å². The lowest BCUT2D eigenvalue weighted by Crippen LogP contribution is -2.37. The normalized spacial score (nSPS) is 16.9. The molecule has 1 N–H and O–H groups in total. The fraction of sp³-hybridized carbons (Fsp3) is 0.444. The Balaban J connectivity index is 2.13. The molecule has 0 spiro atoms. The Hall–Kier alpha value is -2.19. The second-order valence-corrected chi connectivity index (χ2v) is 6.52. The first-order chi connectivity index (χ1) is 11.4. The van der Waals surface area contributed by atoms with E-state index in [0.717, 1.165) is 18.4 Å². The van der Waals surface area contributed by atoms with E-state index in [4.69, 9.17) is 27.0 Å². The van der Waals surface area contributed by atoms with Crippen LogP contribution in [-0.2, 0) is 19.7 Å². The molecule has 126 valence electrons. The lowest BCUT2D eigenvalue weighted by molar-refractivity contribution is -0.154. The maximum Gasteiger partial charge on any atom is 0.316 e. The molecule has 0 aromatic heterocycles. The largest absolute Gasteiger partial charge is 0.457 e. The first-order valence-corrected chi connectivity index (χ1v) is 8.19. The first kappa shape index (κ1) is 18.2. The second-order valence-electron chi connectivity index (χ2n) is 6.08. The number of benzene rings is 1. The zero-order valence-corrected chi connectivity index (χ0v) is 14.2. The number of Topliss-reactive ketones (excluding diaryl/α,β-unsaturated/α-hetero) is 1. The van der Waals surface area contributed by atoms with Crippen LogP contribution in [0.2, 0.25) is 5.02 Å². The molecule has 24 heavy (non-hydrogen) atoms. The average Bonchev–Trinajstić information content (AvgIpc) is 3.04. The second kappa shape index (κ2) is 7.59. The number of rotatable bonds is 6. The molecular formula is C18H19ClN2O3. The number of hydrogen-bond donors (Lipinski definition) is 1. The lowest BCUT2D eigenvalue weighted by atomic mass is 9.79. The Kier molecular flexibility index (Phi) is 5.74. The summed E-state index contributed by atoms with van der Waals surface area (Å²) in [6, 6.07) is 8.87. The molecule has 2 rings (SSSR count). The van der Waals surface area contributed by atoms with Crippen molar-refractivity contribution in [3.8, 4) is 6.07 Å². The van der Waals surface area contributed by atoms with Crippen LogP contribution in [0.25, 0.3) is 0 Å². The summed E-state index contributed by atoms with van der Waals surface area (Å²) in [5, 5.41) is 17.0. The smallest absolute Gasteiger partial charge is 0.316 e. The van der Waals surface area contributed by atoms with Crippen molar-refractivity contribution in [2.75, 3.05) is 6.61 Å². The van der Waals surface area contributed by atoms with E-state index in [1.54, 1.807) is 18.2 Å². The molecule has 0 bridgehead atoms. The first-order valence-electron chi connectivity index (χ1n) is 7.81. The van der Waals surface area contributed by atoms with Crippen molar-refractivity contribution in [3.05, 3.63) is 34.9 Å². The van der Waals surface area contributed by atoms with Gasteiger partial charge < -0.3 is 10.1 Å². The van der Waals surface area contributed by atoms with Crippen molar-refractivity contribution in [2.24, 2.45) is 5.92 Å². The maximum atomic E-state index is 12.7. The number of nitriles is 1. The van der Waals surface area contributed by atoms with Crippen molar-refractivity contribution in [3.63, 3.8) is 0 Å². The summed E-state index contributed by atoms with van der Waals surface area (Å²) in [5.41, 5.74) is 0.0287. The number of esters is 1. The van der Waals surface area contributed by atoms with Gasteiger partial charge in [-0.15, -0.1) is 0 Å². The molecule has 1 fully saturated rings.